The summed E-state index contributed by atoms with van der Waals surface area (Å²) >= 11 is 1.61. The van der Waals surface area contributed by atoms with E-state index in [-0.39, 0.29) is 5.78 Å². The van der Waals surface area contributed by atoms with Crippen molar-refractivity contribution in [1.29, 1.82) is 0 Å². The zero-order valence-electron chi connectivity index (χ0n) is 9.18. The number of ketones is 1. The lowest BCUT2D eigenvalue weighted by Gasteiger charge is -1.94. The zero-order chi connectivity index (χ0) is 11.5. The topological polar surface area (TPSA) is 34.9 Å². The van der Waals surface area contributed by atoms with Crippen LogP contribution in [0.2, 0.25) is 0 Å². The van der Waals surface area contributed by atoms with Gasteiger partial charge >= 0.3 is 0 Å². The molecular formula is C12H12N2OS. The molecule has 4 heteroatoms. The predicted octanol–water partition coefficient (Wildman–Crippen LogP) is 2.69. The van der Waals surface area contributed by atoms with E-state index in [0.717, 1.165) is 10.6 Å². The molecule has 16 heavy (non-hydrogen) atoms. The van der Waals surface area contributed by atoms with Crippen LogP contribution >= 0.6 is 11.3 Å². The number of nitrogens with zero attached hydrogens (tertiary/aromatic N) is 2. The van der Waals surface area contributed by atoms with Gasteiger partial charge < -0.3 is 0 Å². The highest BCUT2D eigenvalue weighted by Crippen LogP contribution is 2.11. The van der Waals surface area contributed by atoms with Gasteiger partial charge in [0, 0.05) is 11.9 Å². The molecule has 0 aromatic carbocycles. The van der Waals surface area contributed by atoms with Crippen LogP contribution in [0, 0.1) is 6.92 Å². The number of rotatable bonds is 3. The average molecular weight is 232 g/mol. The fourth-order valence-corrected chi connectivity index (χ4v) is 2.09. The number of thiophene rings is 1. The summed E-state index contributed by atoms with van der Waals surface area (Å²) in [5, 5.41) is 6.13. The molecule has 0 spiro atoms. The molecule has 0 atom stereocenters. The summed E-state index contributed by atoms with van der Waals surface area (Å²) in [6.45, 7) is 1.87. The standard InChI is InChI=1S/C12H12N2OS/c1-9-8-11(14(2)13-9)12(15)6-5-10-4-3-7-16-10/h3-8H,1-2H3/b6-5+. The van der Waals surface area contributed by atoms with Crippen molar-refractivity contribution in [3.63, 3.8) is 0 Å². The summed E-state index contributed by atoms with van der Waals surface area (Å²) in [6, 6.07) is 5.73. The third-order valence-electron chi connectivity index (χ3n) is 2.20. The number of hydrogen-bond acceptors (Lipinski definition) is 3. The van der Waals surface area contributed by atoms with E-state index in [2.05, 4.69) is 5.10 Å². The van der Waals surface area contributed by atoms with Gasteiger partial charge in [0.05, 0.1) is 5.69 Å². The predicted molar refractivity (Wildman–Crippen MR) is 65.6 cm³/mol. The van der Waals surface area contributed by atoms with Crippen molar-refractivity contribution in [1.82, 2.24) is 9.78 Å². The lowest BCUT2D eigenvalue weighted by atomic mass is 10.2. The molecular weight excluding hydrogens is 220 g/mol. The molecule has 82 valence electrons. The van der Waals surface area contributed by atoms with Gasteiger partial charge in [-0.2, -0.15) is 5.10 Å². The van der Waals surface area contributed by atoms with Gasteiger partial charge in [-0.05, 0) is 36.6 Å². The van der Waals surface area contributed by atoms with Crippen molar-refractivity contribution in [2.45, 2.75) is 6.92 Å². The van der Waals surface area contributed by atoms with Crippen LogP contribution in [0.4, 0.5) is 0 Å². The zero-order valence-corrected chi connectivity index (χ0v) is 9.99. The van der Waals surface area contributed by atoms with Crippen molar-refractivity contribution < 1.29 is 4.79 Å². The van der Waals surface area contributed by atoms with E-state index in [4.69, 9.17) is 0 Å². The van der Waals surface area contributed by atoms with Crippen LogP contribution in [0.1, 0.15) is 21.1 Å². The SMILES string of the molecule is Cc1cc(C(=O)/C=C/c2cccs2)n(C)n1. The minimum Gasteiger partial charge on any atom is -0.288 e. The first-order valence-electron chi connectivity index (χ1n) is 4.93. The molecule has 0 aliphatic rings. The molecule has 0 unspecified atom stereocenters. The largest absolute Gasteiger partial charge is 0.288 e. The summed E-state index contributed by atoms with van der Waals surface area (Å²) in [7, 11) is 1.78. The number of carbonyl (C=O) groups is 1. The highest BCUT2D eigenvalue weighted by atomic mass is 32.1. The lowest BCUT2D eigenvalue weighted by Crippen LogP contribution is -2.03. The highest BCUT2D eigenvalue weighted by molar-refractivity contribution is 7.10. The van der Waals surface area contributed by atoms with Crippen LogP contribution in [0.25, 0.3) is 6.08 Å². The van der Waals surface area contributed by atoms with E-state index >= 15 is 0 Å². The molecule has 0 amide bonds. The maximum atomic E-state index is 11.8. The second-order valence-electron chi connectivity index (χ2n) is 3.51. The summed E-state index contributed by atoms with van der Waals surface area (Å²) in [5.74, 6) is -0.0171. The number of carbonyl (C=O) groups excluding carboxylic acids is 1. The Morgan fingerprint density at radius 3 is 2.94 bits per heavy atom. The van der Waals surface area contributed by atoms with Crippen LogP contribution in [0.15, 0.2) is 29.7 Å². The van der Waals surface area contributed by atoms with E-state index in [0.29, 0.717) is 5.69 Å². The summed E-state index contributed by atoms with van der Waals surface area (Å²) in [6.07, 6.45) is 3.41. The van der Waals surface area contributed by atoms with Gasteiger partial charge in [-0.1, -0.05) is 6.07 Å². The van der Waals surface area contributed by atoms with Gasteiger partial charge in [0.15, 0.2) is 0 Å². The molecule has 2 rings (SSSR count). The van der Waals surface area contributed by atoms with Crippen LogP contribution in [0.3, 0.4) is 0 Å². The van der Waals surface area contributed by atoms with Gasteiger partial charge in [-0.15, -0.1) is 11.3 Å². The van der Waals surface area contributed by atoms with Crippen molar-refractivity contribution in [2.75, 3.05) is 0 Å². The molecule has 0 saturated carbocycles. The summed E-state index contributed by atoms with van der Waals surface area (Å²) in [4.78, 5) is 12.9. The van der Waals surface area contributed by atoms with Crippen LogP contribution in [-0.2, 0) is 7.05 Å². The molecule has 2 aromatic rings. The maximum Gasteiger partial charge on any atom is 0.203 e. The van der Waals surface area contributed by atoms with Gasteiger partial charge in [-0.25, -0.2) is 0 Å². The molecule has 0 bridgehead atoms. The molecule has 0 saturated heterocycles. The van der Waals surface area contributed by atoms with Crippen LogP contribution in [-0.4, -0.2) is 15.6 Å². The minimum atomic E-state index is -0.0171. The quantitative estimate of drug-likeness (QED) is 0.602. The van der Waals surface area contributed by atoms with E-state index in [1.165, 1.54) is 0 Å². The third-order valence-corrected chi connectivity index (χ3v) is 3.03. The molecule has 2 heterocycles. The van der Waals surface area contributed by atoms with Crippen molar-refractivity contribution >= 4 is 23.2 Å². The van der Waals surface area contributed by atoms with E-state index in [1.807, 2.05) is 30.5 Å². The number of aromatic nitrogens is 2. The van der Waals surface area contributed by atoms with Crippen molar-refractivity contribution in [3.05, 3.63) is 45.9 Å². The Morgan fingerprint density at radius 2 is 2.38 bits per heavy atom. The molecule has 0 fully saturated rings. The smallest absolute Gasteiger partial charge is 0.203 e. The molecule has 2 aromatic heterocycles. The Hall–Kier alpha value is -1.68. The summed E-state index contributed by atoms with van der Waals surface area (Å²) in [5.41, 5.74) is 1.47. The average Bonchev–Trinajstić information content (AvgIpc) is 2.84. The van der Waals surface area contributed by atoms with Gasteiger partial charge in [-0.3, -0.25) is 9.48 Å². The first-order chi connectivity index (χ1) is 7.66. The summed E-state index contributed by atoms with van der Waals surface area (Å²) < 4.78 is 1.61. The second-order valence-corrected chi connectivity index (χ2v) is 4.49. The van der Waals surface area contributed by atoms with Gasteiger partial charge in [0.25, 0.3) is 0 Å². The van der Waals surface area contributed by atoms with E-state index in [9.17, 15) is 4.79 Å². The van der Waals surface area contributed by atoms with E-state index < -0.39 is 0 Å². The number of allylic oxidation sites excluding steroid dienone is 1. The molecule has 3 nitrogen and oxygen atoms in total. The molecule has 0 aliphatic carbocycles. The van der Waals surface area contributed by atoms with Crippen molar-refractivity contribution in [3.8, 4) is 0 Å². The molecule has 0 aliphatic heterocycles. The number of hydrogen-bond donors (Lipinski definition) is 0. The normalized spacial score (nSPS) is 11.1. The first-order valence-corrected chi connectivity index (χ1v) is 5.81. The maximum absolute atomic E-state index is 11.8. The number of aryl methyl sites for hydroxylation is 2. The third kappa shape index (κ3) is 2.28. The Kier molecular flexibility index (Phi) is 3.01. The Balaban J connectivity index is 2.17. The lowest BCUT2D eigenvalue weighted by molar-refractivity contribution is 0.103. The first kappa shape index (κ1) is 10.8. The minimum absolute atomic E-state index is 0.0171. The fraction of sp³-hybridized carbons (Fsp3) is 0.167. The van der Waals surface area contributed by atoms with Crippen LogP contribution < -0.4 is 0 Å². The highest BCUT2D eigenvalue weighted by Gasteiger charge is 2.08. The monoisotopic (exact) mass is 232 g/mol. The van der Waals surface area contributed by atoms with Crippen LogP contribution in [0.5, 0.6) is 0 Å². The van der Waals surface area contributed by atoms with E-state index in [1.54, 1.807) is 35.2 Å². The second kappa shape index (κ2) is 4.45. The molecule has 0 radical (unpaired) electrons. The Labute approximate surface area is 98.0 Å². The Morgan fingerprint density at radius 1 is 1.56 bits per heavy atom. The van der Waals surface area contributed by atoms with Gasteiger partial charge in [0.1, 0.15) is 5.69 Å². The van der Waals surface area contributed by atoms with Gasteiger partial charge in [0.2, 0.25) is 5.78 Å². The fourth-order valence-electron chi connectivity index (χ4n) is 1.47. The Bertz CT molecular complexity index is 523. The van der Waals surface area contributed by atoms with Crippen molar-refractivity contribution in [2.24, 2.45) is 7.05 Å². The molecule has 0 N–H and O–H groups in total.